The predicted octanol–water partition coefficient (Wildman–Crippen LogP) is 1.15. The van der Waals surface area contributed by atoms with Gasteiger partial charge >= 0.3 is 0 Å². The van der Waals surface area contributed by atoms with E-state index in [1.165, 1.54) is 4.88 Å². The summed E-state index contributed by atoms with van der Waals surface area (Å²) >= 11 is 1.69. The lowest BCUT2D eigenvalue weighted by molar-refractivity contribution is 0.0728. The highest BCUT2D eigenvalue weighted by atomic mass is 32.1. The van der Waals surface area contributed by atoms with Crippen LogP contribution < -0.4 is 0 Å². The fraction of sp³-hybridized carbons (Fsp3) is 0.500. The number of hydrogen-bond donors (Lipinski definition) is 0. The van der Waals surface area contributed by atoms with Crippen molar-refractivity contribution in [1.82, 2.24) is 4.90 Å². The Hall–Kier alpha value is -0.870. The van der Waals surface area contributed by atoms with Crippen molar-refractivity contribution in [2.45, 2.75) is 12.5 Å². The van der Waals surface area contributed by atoms with Gasteiger partial charge in [-0.3, -0.25) is 4.79 Å². The zero-order chi connectivity index (χ0) is 9.54. The van der Waals surface area contributed by atoms with E-state index in [9.17, 15) is 4.79 Å². The topological polar surface area (TPSA) is 32.8 Å². The van der Waals surface area contributed by atoms with Crippen LogP contribution in [0.5, 0.6) is 0 Å². The molecule has 2 aliphatic heterocycles. The van der Waals surface area contributed by atoms with Gasteiger partial charge in [-0.15, -0.1) is 11.3 Å². The maximum absolute atomic E-state index is 11.9. The lowest BCUT2D eigenvalue weighted by atomic mass is 10.1. The minimum Gasteiger partial charge on any atom is -0.371 e. The molecule has 14 heavy (non-hydrogen) atoms. The quantitative estimate of drug-likeness (QED) is 0.684. The van der Waals surface area contributed by atoms with Crippen LogP contribution >= 0.6 is 11.3 Å². The van der Waals surface area contributed by atoms with Crippen molar-refractivity contribution in [3.8, 4) is 0 Å². The van der Waals surface area contributed by atoms with E-state index in [1.807, 2.05) is 16.3 Å². The molecule has 0 aliphatic carbocycles. The zero-order valence-corrected chi connectivity index (χ0v) is 8.55. The number of fused-ring (bicyclic) bond motifs is 1. The first-order valence-electron chi connectivity index (χ1n) is 4.82. The largest absolute Gasteiger partial charge is 0.371 e. The van der Waals surface area contributed by atoms with Crippen molar-refractivity contribution in [3.05, 3.63) is 21.9 Å². The maximum Gasteiger partial charge on any atom is 0.255 e. The van der Waals surface area contributed by atoms with Crippen LogP contribution in [0.1, 0.15) is 15.2 Å². The van der Waals surface area contributed by atoms with Gasteiger partial charge in [0.1, 0.15) is 0 Å². The molecule has 74 valence electrons. The van der Waals surface area contributed by atoms with Gasteiger partial charge in [-0.25, -0.2) is 0 Å². The fourth-order valence-corrected chi connectivity index (χ4v) is 2.69. The van der Waals surface area contributed by atoms with E-state index in [2.05, 4.69) is 0 Å². The number of epoxide rings is 1. The van der Waals surface area contributed by atoms with Crippen LogP contribution in [0.15, 0.2) is 11.4 Å². The third-order valence-corrected chi connectivity index (χ3v) is 3.68. The second kappa shape index (κ2) is 3.07. The molecule has 1 aromatic heterocycles. The first-order valence-corrected chi connectivity index (χ1v) is 5.70. The summed E-state index contributed by atoms with van der Waals surface area (Å²) in [4.78, 5) is 15.1. The van der Waals surface area contributed by atoms with E-state index >= 15 is 0 Å². The summed E-state index contributed by atoms with van der Waals surface area (Å²) < 4.78 is 5.14. The molecular formula is C10H11NO2S. The molecule has 0 aromatic carbocycles. The molecule has 0 saturated carbocycles. The van der Waals surface area contributed by atoms with Crippen LogP contribution in [0.4, 0.5) is 0 Å². The van der Waals surface area contributed by atoms with Crippen LogP contribution in [-0.4, -0.2) is 36.6 Å². The lowest BCUT2D eigenvalue weighted by Gasteiger charge is -2.25. The Balaban J connectivity index is 1.81. The Labute approximate surface area is 86.3 Å². The molecule has 2 aliphatic rings. The molecule has 1 aromatic rings. The molecular weight excluding hydrogens is 198 g/mol. The minimum absolute atomic E-state index is 0.183. The predicted molar refractivity (Wildman–Crippen MR) is 53.7 cm³/mol. The van der Waals surface area contributed by atoms with Crippen LogP contribution in [0.2, 0.25) is 0 Å². The van der Waals surface area contributed by atoms with Gasteiger partial charge in [0, 0.05) is 24.4 Å². The second-order valence-corrected chi connectivity index (χ2v) is 4.71. The van der Waals surface area contributed by atoms with Crippen LogP contribution in [0.3, 0.4) is 0 Å². The normalized spacial score (nSPS) is 25.0. The summed E-state index contributed by atoms with van der Waals surface area (Å²) in [5.41, 5.74) is 0.905. The Morgan fingerprint density at radius 2 is 2.50 bits per heavy atom. The summed E-state index contributed by atoms with van der Waals surface area (Å²) in [5.74, 6) is 0.183. The van der Waals surface area contributed by atoms with Crippen molar-refractivity contribution >= 4 is 17.2 Å². The molecule has 1 atom stereocenters. The third-order valence-electron chi connectivity index (χ3n) is 2.70. The Morgan fingerprint density at radius 1 is 1.64 bits per heavy atom. The Bertz CT molecular complexity index is 370. The van der Waals surface area contributed by atoms with Gasteiger partial charge in [-0.05, 0) is 11.4 Å². The van der Waals surface area contributed by atoms with Crippen molar-refractivity contribution in [2.24, 2.45) is 0 Å². The Kier molecular flexibility index (Phi) is 1.85. The summed E-state index contributed by atoms with van der Waals surface area (Å²) in [6.07, 6.45) is 1.31. The molecule has 3 rings (SSSR count). The van der Waals surface area contributed by atoms with Gasteiger partial charge in [0.15, 0.2) is 0 Å². The molecule has 0 spiro atoms. The highest BCUT2D eigenvalue weighted by Crippen LogP contribution is 2.25. The molecule has 0 unspecified atom stereocenters. The molecule has 0 N–H and O–H groups in total. The van der Waals surface area contributed by atoms with Gasteiger partial charge < -0.3 is 9.64 Å². The number of hydrogen-bond acceptors (Lipinski definition) is 3. The van der Waals surface area contributed by atoms with Crippen molar-refractivity contribution in [2.75, 3.05) is 19.7 Å². The molecule has 3 nitrogen and oxygen atoms in total. The van der Waals surface area contributed by atoms with Gasteiger partial charge in [0.25, 0.3) is 5.91 Å². The SMILES string of the molecule is O=C1c2ccsc2CCN1C[C@@H]1CO1. The van der Waals surface area contributed by atoms with Crippen molar-refractivity contribution in [1.29, 1.82) is 0 Å². The monoisotopic (exact) mass is 209 g/mol. The number of thiophene rings is 1. The average Bonchev–Trinajstić information content (AvgIpc) is 2.85. The Morgan fingerprint density at radius 3 is 3.29 bits per heavy atom. The van der Waals surface area contributed by atoms with E-state index < -0.39 is 0 Å². The summed E-state index contributed by atoms with van der Waals surface area (Å²) in [5, 5.41) is 2.00. The summed E-state index contributed by atoms with van der Waals surface area (Å²) in [6, 6.07) is 1.93. The molecule has 1 amide bonds. The van der Waals surface area contributed by atoms with Gasteiger partial charge in [0.2, 0.25) is 0 Å². The molecule has 0 bridgehead atoms. The highest BCUT2D eigenvalue weighted by molar-refractivity contribution is 7.10. The first kappa shape index (κ1) is 8.44. The second-order valence-electron chi connectivity index (χ2n) is 3.71. The molecule has 4 heteroatoms. The fourth-order valence-electron chi connectivity index (χ4n) is 1.83. The molecule has 1 saturated heterocycles. The van der Waals surface area contributed by atoms with Crippen LogP contribution in [-0.2, 0) is 11.2 Å². The minimum atomic E-state index is 0.183. The van der Waals surface area contributed by atoms with Crippen molar-refractivity contribution < 1.29 is 9.53 Å². The van der Waals surface area contributed by atoms with Gasteiger partial charge in [-0.2, -0.15) is 0 Å². The number of amides is 1. The van der Waals surface area contributed by atoms with Gasteiger partial charge in [-0.1, -0.05) is 0 Å². The van der Waals surface area contributed by atoms with E-state index in [4.69, 9.17) is 4.74 Å². The van der Waals surface area contributed by atoms with E-state index in [1.54, 1.807) is 11.3 Å². The van der Waals surface area contributed by atoms with Crippen LogP contribution in [0, 0.1) is 0 Å². The zero-order valence-electron chi connectivity index (χ0n) is 7.73. The van der Waals surface area contributed by atoms with Crippen LogP contribution in [0.25, 0.3) is 0 Å². The number of nitrogens with zero attached hydrogens (tertiary/aromatic N) is 1. The van der Waals surface area contributed by atoms with E-state index in [0.717, 1.165) is 31.7 Å². The van der Waals surface area contributed by atoms with Crippen molar-refractivity contribution in [3.63, 3.8) is 0 Å². The van der Waals surface area contributed by atoms with E-state index in [-0.39, 0.29) is 5.91 Å². The summed E-state index contributed by atoms with van der Waals surface area (Å²) in [6.45, 7) is 2.45. The smallest absolute Gasteiger partial charge is 0.255 e. The van der Waals surface area contributed by atoms with E-state index in [0.29, 0.717) is 6.10 Å². The van der Waals surface area contributed by atoms with Gasteiger partial charge in [0.05, 0.1) is 18.3 Å². The molecule has 3 heterocycles. The highest BCUT2D eigenvalue weighted by Gasteiger charge is 2.31. The molecule has 1 fully saturated rings. The molecule has 0 radical (unpaired) electrons. The number of rotatable bonds is 2. The summed E-state index contributed by atoms with van der Waals surface area (Å²) in [7, 11) is 0. The number of ether oxygens (including phenoxy) is 1. The number of carbonyl (C=O) groups is 1. The number of carbonyl (C=O) groups excluding carboxylic acids is 1. The first-order chi connectivity index (χ1) is 6.84. The third kappa shape index (κ3) is 1.35. The lowest BCUT2D eigenvalue weighted by Crippen LogP contribution is -2.39. The maximum atomic E-state index is 11.9. The average molecular weight is 209 g/mol. The standard InChI is InChI=1S/C10H11NO2S/c12-10-8-2-4-14-9(8)1-3-11(10)5-7-6-13-7/h2,4,7H,1,3,5-6H2/t7-/m1/s1.